The average molecular weight is 296 g/mol. The molecule has 6 nitrogen and oxygen atoms in total. The minimum Gasteiger partial charge on any atom is -0.378 e. The molecule has 0 aromatic heterocycles. The lowest BCUT2D eigenvalue weighted by Gasteiger charge is -2.23. The molecule has 1 aromatic carbocycles. The van der Waals surface area contributed by atoms with E-state index in [0.717, 1.165) is 5.69 Å². The Morgan fingerprint density at radius 1 is 1.30 bits per heavy atom. The van der Waals surface area contributed by atoms with Crippen LogP contribution < -0.4 is 15.5 Å². The van der Waals surface area contributed by atoms with Crippen LogP contribution in [0.4, 0.5) is 11.4 Å². The second kappa shape index (κ2) is 4.96. The predicted molar refractivity (Wildman–Crippen MR) is 74.9 cm³/mol. The largest absolute Gasteiger partial charge is 0.378 e. The summed E-state index contributed by atoms with van der Waals surface area (Å²) in [6.07, 6.45) is -0.758. The Hall–Kier alpha value is -1.79. The summed E-state index contributed by atoms with van der Waals surface area (Å²) >= 11 is 6.25. The van der Waals surface area contributed by atoms with E-state index < -0.39 is 12.0 Å². The fourth-order valence-electron chi connectivity index (χ4n) is 2.50. The number of benzene rings is 1. The Kier molecular flexibility index (Phi) is 3.27. The molecule has 2 aliphatic rings. The van der Waals surface area contributed by atoms with Gasteiger partial charge in [0, 0.05) is 37.3 Å². The van der Waals surface area contributed by atoms with Gasteiger partial charge in [-0.15, -0.1) is 0 Å². The maximum Gasteiger partial charge on any atom is 0.257 e. The first-order valence-electron chi connectivity index (χ1n) is 6.40. The smallest absolute Gasteiger partial charge is 0.257 e. The number of carbonyl (C=O) groups excluding carboxylic acids is 2. The predicted octanol–water partition coefficient (Wildman–Crippen LogP) is 0.652. The first-order valence-corrected chi connectivity index (χ1v) is 6.78. The summed E-state index contributed by atoms with van der Waals surface area (Å²) in [5, 5.41) is 15.6. The standard InChI is InChI=1S/C13H14ClN3O3/c14-8-5-7-9(16-13(20)12(7)19)6-10(8)17-3-1-11(18)15-2-4-17/h5-6,12,19H,1-4H2,(H,15,18)(H,16,20). The zero-order valence-electron chi connectivity index (χ0n) is 10.6. The van der Waals surface area contributed by atoms with E-state index in [1.165, 1.54) is 0 Å². The fourth-order valence-corrected chi connectivity index (χ4v) is 2.80. The molecule has 1 fully saturated rings. The Bertz CT molecular complexity index is 590. The number of aliphatic hydroxyl groups is 1. The number of fused-ring (bicyclic) bond motifs is 1. The molecule has 3 N–H and O–H groups in total. The molecule has 1 saturated heterocycles. The van der Waals surface area contributed by atoms with E-state index in [2.05, 4.69) is 10.6 Å². The van der Waals surface area contributed by atoms with Gasteiger partial charge in [0.25, 0.3) is 5.91 Å². The Morgan fingerprint density at radius 3 is 2.90 bits per heavy atom. The molecule has 20 heavy (non-hydrogen) atoms. The highest BCUT2D eigenvalue weighted by atomic mass is 35.5. The van der Waals surface area contributed by atoms with Gasteiger partial charge in [0.15, 0.2) is 6.10 Å². The molecule has 3 rings (SSSR count). The summed E-state index contributed by atoms with van der Waals surface area (Å²) in [6.45, 7) is 1.78. The van der Waals surface area contributed by atoms with Crippen molar-refractivity contribution < 1.29 is 14.7 Å². The molecule has 1 aromatic rings. The highest BCUT2D eigenvalue weighted by molar-refractivity contribution is 6.33. The van der Waals surface area contributed by atoms with Gasteiger partial charge in [-0.25, -0.2) is 0 Å². The van der Waals surface area contributed by atoms with Crippen molar-refractivity contribution in [3.8, 4) is 0 Å². The number of rotatable bonds is 1. The summed E-state index contributed by atoms with van der Waals surface area (Å²) in [4.78, 5) is 24.8. The van der Waals surface area contributed by atoms with Gasteiger partial charge in [-0.2, -0.15) is 0 Å². The summed E-state index contributed by atoms with van der Waals surface area (Å²) in [5.41, 5.74) is 1.83. The average Bonchev–Trinajstić information content (AvgIpc) is 2.60. The van der Waals surface area contributed by atoms with Crippen LogP contribution in [0.2, 0.25) is 5.02 Å². The van der Waals surface area contributed by atoms with Crippen LogP contribution >= 0.6 is 11.6 Å². The topological polar surface area (TPSA) is 81.7 Å². The van der Waals surface area contributed by atoms with Gasteiger partial charge in [-0.3, -0.25) is 9.59 Å². The van der Waals surface area contributed by atoms with Crippen molar-refractivity contribution in [2.75, 3.05) is 29.9 Å². The number of hydrogen-bond donors (Lipinski definition) is 3. The third-order valence-electron chi connectivity index (χ3n) is 3.57. The number of hydrogen-bond acceptors (Lipinski definition) is 4. The lowest BCUT2D eigenvalue weighted by molar-refractivity contribution is -0.123. The normalized spacial score (nSPS) is 22.1. The van der Waals surface area contributed by atoms with Gasteiger partial charge >= 0.3 is 0 Å². The molecule has 106 valence electrons. The van der Waals surface area contributed by atoms with E-state index in [4.69, 9.17) is 11.6 Å². The van der Waals surface area contributed by atoms with Crippen molar-refractivity contribution >= 4 is 34.8 Å². The maximum atomic E-state index is 11.5. The minimum atomic E-state index is -1.16. The molecule has 1 unspecified atom stereocenters. The number of amides is 2. The van der Waals surface area contributed by atoms with Crippen molar-refractivity contribution in [1.82, 2.24) is 5.32 Å². The zero-order valence-corrected chi connectivity index (χ0v) is 11.4. The highest BCUT2D eigenvalue weighted by Gasteiger charge is 2.30. The summed E-state index contributed by atoms with van der Waals surface area (Å²) in [5.74, 6) is -0.422. The Morgan fingerprint density at radius 2 is 2.10 bits per heavy atom. The third kappa shape index (κ3) is 2.21. The molecule has 2 aliphatic heterocycles. The van der Waals surface area contributed by atoms with Crippen molar-refractivity contribution in [1.29, 1.82) is 0 Å². The number of nitrogens with one attached hydrogen (secondary N) is 2. The Balaban J connectivity index is 1.93. The van der Waals surface area contributed by atoms with Gasteiger partial charge in [-0.1, -0.05) is 11.6 Å². The molecule has 7 heteroatoms. The van der Waals surface area contributed by atoms with E-state index in [0.29, 0.717) is 42.3 Å². The second-order valence-corrected chi connectivity index (χ2v) is 5.28. The van der Waals surface area contributed by atoms with Crippen molar-refractivity contribution in [2.24, 2.45) is 0 Å². The van der Waals surface area contributed by atoms with Crippen LogP contribution in [0, 0.1) is 0 Å². The van der Waals surface area contributed by atoms with Crippen LogP contribution in [0.3, 0.4) is 0 Å². The van der Waals surface area contributed by atoms with Crippen LogP contribution in [0.25, 0.3) is 0 Å². The molecule has 0 aliphatic carbocycles. The van der Waals surface area contributed by atoms with E-state index in [-0.39, 0.29) is 5.91 Å². The molecular formula is C13H14ClN3O3. The van der Waals surface area contributed by atoms with Crippen molar-refractivity contribution in [2.45, 2.75) is 12.5 Å². The van der Waals surface area contributed by atoms with Crippen molar-refractivity contribution in [3.05, 3.63) is 22.7 Å². The molecular weight excluding hydrogens is 282 g/mol. The minimum absolute atomic E-state index is 0.0218. The van der Waals surface area contributed by atoms with Crippen LogP contribution in [0.5, 0.6) is 0 Å². The molecule has 2 heterocycles. The van der Waals surface area contributed by atoms with Gasteiger partial charge < -0.3 is 20.6 Å². The third-order valence-corrected chi connectivity index (χ3v) is 3.88. The summed E-state index contributed by atoms with van der Waals surface area (Å²) in [7, 11) is 0. The van der Waals surface area contributed by atoms with Crippen LogP contribution in [-0.2, 0) is 9.59 Å². The lowest BCUT2D eigenvalue weighted by Crippen LogP contribution is -2.28. The number of nitrogens with zero attached hydrogens (tertiary/aromatic N) is 1. The van der Waals surface area contributed by atoms with E-state index in [1.807, 2.05) is 4.90 Å². The zero-order chi connectivity index (χ0) is 14.3. The molecule has 0 spiro atoms. The van der Waals surface area contributed by atoms with Crippen LogP contribution in [-0.4, -0.2) is 36.6 Å². The molecule has 0 bridgehead atoms. The number of halogens is 1. The second-order valence-electron chi connectivity index (χ2n) is 4.87. The first kappa shape index (κ1) is 13.2. The van der Waals surface area contributed by atoms with Gasteiger partial charge in [-0.05, 0) is 12.1 Å². The fraction of sp³-hybridized carbons (Fsp3) is 0.385. The SMILES string of the molecule is O=C1CCN(c2cc3c(cc2Cl)C(O)C(=O)N3)CCN1. The quantitative estimate of drug-likeness (QED) is 0.710. The monoisotopic (exact) mass is 295 g/mol. The molecule has 0 saturated carbocycles. The molecule has 1 atom stereocenters. The number of carbonyl (C=O) groups is 2. The molecule has 0 radical (unpaired) electrons. The first-order chi connectivity index (χ1) is 9.56. The van der Waals surface area contributed by atoms with E-state index in [1.54, 1.807) is 12.1 Å². The summed E-state index contributed by atoms with van der Waals surface area (Å²) < 4.78 is 0. The molecule has 2 amide bonds. The van der Waals surface area contributed by atoms with Gasteiger partial charge in [0.05, 0.1) is 10.7 Å². The highest BCUT2D eigenvalue weighted by Crippen LogP contribution is 2.38. The van der Waals surface area contributed by atoms with Crippen LogP contribution in [0.15, 0.2) is 12.1 Å². The number of aliphatic hydroxyl groups excluding tert-OH is 1. The van der Waals surface area contributed by atoms with Crippen molar-refractivity contribution in [3.63, 3.8) is 0 Å². The van der Waals surface area contributed by atoms with E-state index >= 15 is 0 Å². The summed E-state index contributed by atoms with van der Waals surface area (Å²) in [6, 6.07) is 3.36. The van der Waals surface area contributed by atoms with E-state index in [9.17, 15) is 14.7 Å². The van der Waals surface area contributed by atoms with Gasteiger partial charge in [0.2, 0.25) is 5.91 Å². The maximum absolute atomic E-state index is 11.5. The Labute approximate surface area is 120 Å². The number of anilines is 2. The van der Waals surface area contributed by atoms with Crippen LogP contribution in [0.1, 0.15) is 18.1 Å². The lowest BCUT2D eigenvalue weighted by atomic mass is 10.1. The van der Waals surface area contributed by atoms with Gasteiger partial charge in [0.1, 0.15) is 0 Å².